The van der Waals surface area contributed by atoms with Crippen LogP contribution in [-0.2, 0) is 11.3 Å². The van der Waals surface area contributed by atoms with Gasteiger partial charge in [-0.2, -0.15) is 0 Å². The van der Waals surface area contributed by atoms with Crippen molar-refractivity contribution in [2.24, 2.45) is 0 Å². The average Bonchev–Trinajstić information content (AvgIpc) is 3.22. The van der Waals surface area contributed by atoms with E-state index in [-0.39, 0.29) is 11.8 Å². The lowest BCUT2D eigenvalue weighted by molar-refractivity contribution is 0.0383. The average molecular weight is 540 g/mol. The second-order valence-corrected chi connectivity index (χ2v) is 10.2. The van der Waals surface area contributed by atoms with Crippen LogP contribution in [0.4, 0.5) is 0 Å². The second-order valence-electron chi connectivity index (χ2n) is 10.2. The van der Waals surface area contributed by atoms with Crippen LogP contribution in [0.15, 0.2) is 60.7 Å². The topological polar surface area (TPSA) is 99.8 Å². The Labute approximate surface area is 233 Å². The highest BCUT2D eigenvalue weighted by molar-refractivity contribution is 5.98. The molecule has 2 amide bonds. The number of aromatic amines is 1. The number of ether oxygens (including phenoxy) is 2. The van der Waals surface area contributed by atoms with Gasteiger partial charge in [0.25, 0.3) is 11.8 Å². The monoisotopic (exact) mass is 539 g/mol. The molecule has 0 radical (unpaired) electrons. The Kier molecular flexibility index (Phi) is 7.48. The first kappa shape index (κ1) is 26.0. The van der Waals surface area contributed by atoms with Gasteiger partial charge in [-0.25, -0.2) is 4.98 Å². The maximum Gasteiger partial charge on any atom is 0.254 e. The Morgan fingerprint density at radius 3 is 2.50 bits per heavy atom. The van der Waals surface area contributed by atoms with E-state index in [2.05, 4.69) is 38.4 Å². The van der Waals surface area contributed by atoms with Crippen LogP contribution in [0.2, 0.25) is 0 Å². The van der Waals surface area contributed by atoms with E-state index >= 15 is 0 Å². The van der Waals surface area contributed by atoms with Crippen molar-refractivity contribution < 1.29 is 19.1 Å². The van der Waals surface area contributed by atoms with Gasteiger partial charge in [0.05, 0.1) is 30.8 Å². The Hall–Kier alpha value is -4.21. The van der Waals surface area contributed by atoms with Crippen molar-refractivity contribution in [1.82, 2.24) is 25.1 Å². The van der Waals surface area contributed by atoms with E-state index in [1.807, 2.05) is 25.1 Å². The minimum atomic E-state index is -0.139. The largest absolute Gasteiger partial charge is 0.491 e. The molecule has 4 aromatic rings. The number of benzene rings is 3. The van der Waals surface area contributed by atoms with Gasteiger partial charge in [-0.3, -0.25) is 14.5 Å². The summed E-state index contributed by atoms with van der Waals surface area (Å²) in [5, 5.41) is 2.97. The van der Waals surface area contributed by atoms with Gasteiger partial charge < -0.3 is 24.7 Å². The Balaban J connectivity index is 1.11. The fourth-order valence-corrected chi connectivity index (χ4v) is 5.27. The third-order valence-electron chi connectivity index (χ3n) is 7.47. The first-order valence-corrected chi connectivity index (χ1v) is 13.7. The van der Waals surface area contributed by atoms with Crippen molar-refractivity contribution in [1.29, 1.82) is 0 Å². The number of nitrogens with one attached hydrogen (secondary N) is 2. The van der Waals surface area contributed by atoms with Crippen LogP contribution in [-0.4, -0.2) is 84.1 Å². The number of nitrogens with zero attached hydrogens (tertiary/aromatic N) is 3. The molecular weight excluding hydrogens is 506 g/mol. The fourth-order valence-electron chi connectivity index (χ4n) is 5.27. The smallest absolute Gasteiger partial charge is 0.254 e. The molecule has 1 saturated heterocycles. The minimum absolute atomic E-state index is 0.0875. The van der Waals surface area contributed by atoms with Crippen LogP contribution >= 0.6 is 0 Å². The molecule has 0 saturated carbocycles. The van der Waals surface area contributed by atoms with E-state index in [1.54, 1.807) is 29.2 Å². The number of fused-ring (bicyclic) bond motifs is 2. The van der Waals surface area contributed by atoms with E-state index in [9.17, 15) is 9.59 Å². The SMILES string of the molecule is Cc1nc2ccc(-c3ccc4c(c3)CN(C(=O)c3ccc(C(=O)NCCN5CCOCC5)cc3)CCO4)cc2[nH]1. The van der Waals surface area contributed by atoms with Crippen LogP contribution in [0.1, 0.15) is 32.1 Å². The number of rotatable bonds is 6. The molecule has 3 heterocycles. The van der Waals surface area contributed by atoms with Gasteiger partial charge in [-0.05, 0) is 66.6 Å². The van der Waals surface area contributed by atoms with Gasteiger partial charge in [0, 0.05) is 49.4 Å². The lowest BCUT2D eigenvalue weighted by Crippen LogP contribution is -2.41. The first-order valence-electron chi connectivity index (χ1n) is 13.7. The third kappa shape index (κ3) is 5.71. The lowest BCUT2D eigenvalue weighted by Gasteiger charge is -2.26. The molecular formula is C31H33N5O4. The predicted molar refractivity (Wildman–Crippen MR) is 153 cm³/mol. The van der Waals surface area contributed by atoms with E-state index < -0.39 is 0 Å². The van der Waals surface area contributed by atoms with Crippen LogP contribution in [0.5, 0.6) is 5.75 Å². The summed E-state index contributed by atoms with van der Waals surface area (Å²) in [6.45, 7) is 7.91. The summed E-state index contributed by atoms with van der Waals surface area (Å²) >= 11 is 0. The molecule has 0 bridgehead atoms. The molecule has 0 unspecified atom stereocenters. The minimum Gasteiger partial charge on any atom is -0.491 e. The molecule has 0 atom stereocenters. The maximum atomic E-state index is 13.4. The summed E-state index contributed by atoms with van der Waals surface area (Å²) in [6, 6.07) is 19.2. The molecule has 9 nitrogen and oxygen atoms in total. The molecule has 1 aromatic heterocycles. The molecule has 1 fully saturated rings. The zero-order valence-corrected chi connectivity index (χ0v) is 22.6. The highest BCUT2D eigenvalue weighted by atomic mass is 16.5. The van der Waals surface area contributed by atoms with Crippen molar-refractivity contribution in [3.8, 4) is 16.9 Å². The number of carbonyl (C=O) groups is 2. The molecule has 40 heavy (non-hydrogen) atoms. The van der Waals surface area contributed by atoms with E-state index in [1.165, 1.54) is 0 Å². The van der Waals surface area contributed by atoms with Crippen molar-refractivity contribution >= 4 is 22.8 Å². The van der Waals surface area contributed by atoms with Crippen LogP contribution in [0, 0.1) is 6.92 Å². The molecule has 2 aliphatic heterocycles. The summed E-state index contributed by atoms with van der Waals surface area (Å²) in [5.41, 5.74) is 6.09. The Bertz CT molecular complexity index is 1520. The van der Waals surface area contributed by atoms with Crippen LogP contribution < -0.4 is 10.1 Å². The zero-order valence-electron chi connectivity index (χ0n) is 22.6. The van der Waals surface area contributed by atoms with Gasteiger partial charge in [0.15, 0.2) is 0 Å². The molecule has 2 N–H and O–H groups in total. The van der Waals surface area contributed by atoms with Crippen molar-refractivity contribution in [3.63, 3.8) is 0 Å². The summed E-state index contributed by atoms with van der Waals surface area (Å²) in [6.07, 6.45) is 0. The third-order valence-corrected chi connectivity index (χ3v) is 7.47. The normalized spacial score (nSPS) is 15.8. The molecule has 3 aromatic carbocycles. The van der Waals surface area contributed by atoms with E-state index in [4.69, 9.17) is 9.47 Å². The molecule has 9 heteroatoms. The van der Waals surface area contributed by atoms with Gasteiger partial charge in [0.2, 0.25) is 0 Å². The van der Waals surface area contributed by atoms with Crippen LogP contribution in [0.3, 0.4) is 0 Å². The first-order chi connectivity index (χ1) is 19.5. The number of aromatic nitrogens is 2. The summed E-state index contributed by atoms with van der Waals surface area (Å²) < 4.78 is 11.3. The molecule has 0 spiro atoms. The number of hydrogen-bond acceptors (Lipinski definition) is 6. The number of amides is 2. The molecule has 206 valence electrons. The van der Waals surface area contributed by atoms with Gasteiger partial charge in [0.1, 0.15) is 18.2 Å². The summed E-state index contributed by atoms with van der Waals surface area (Å²) in [7, 11) is 0. The maximum absolute atomic E-state index is 13.4. The predicted octanol–water partition coefficient (Wildman–Crippen LogP) is 3.64. The standard InChI is InChI=1S/C31H33N5O4/c1-21-33-27-8-6-25(19-28(27)34-21)24-7-9-29-26(18-24)20-36(14-17-40-29)31(38)23-4-2-22(3-5-23)30(37)32-10-11-35-12-15-39-16-13-35/h2-9,18-19H,10-17,20H2,1H3,(H,32,37)(H,33,34). The van der Waals surface area contributed by atoms with Crippen molar-refractivity contribution in [3.05, 3.63) is 83.2 Å². The van der Waals surface area contributed by atoms with Gasteiger partial charge in [-0.1, -0.05) is 12.1 Å². The number of aryl methyl sites for hydroxylation is 1. The van der Waals surface area contributed by atoms with Crippen molar-refractivity contribution in [2.45, 2.75) is 13.5 Å². The van der Waals surface area contributed by atoms with E-state index in [0.717, 1.165) is 72.1 Å². The second kappa shape index (κ2) is 11.5. The molecule has 2 aliphatic rings. The number of morpholine rings is 1. The summed E-state index contributed by atoms with van der Waals surface area (Å²) in [5.74, 6) is 1.45. The van der Waals surface area contributed by atoms with Crippen molar-refractivity contribution in [2.75, 3.05) is 52.5 Å². The molecule has 0 aliphatic carbocycles. The fraction of sp³-hybridized carbons (Fsp3) is 0.323. The number of hydrogen-bond donors (Lipinski definition) is 2. The zero-order chi connectivity index (χ0) is 27.5. The van der Waals surface area contributed by atoms with E-state index in [0.29, 0.717) is 37.4 Å². The van der Waals surface area contributed by atoms with Gasteiger partial charge in [-0.15, -0.1) is 0 Å². The highest BCUT2D eigenvalue weighted by Gasteiger charge is 2.22. The number of imidazole rings is 1. The number of carbonyl (C=O) groups excluding carboxylic acids is 2. The quantitative estimate of drug-likeness (QED) is 0.388. The highest BCUT2D eigenvalue weighted by Crippen LogP contribution is 2.31. The summed E-state index contributed by atoms with van der Waals surface area (Å²) in [4.78, 5) is 37.9. The Morgan fingerprint density at radius 2 is 1.68 bits per heavy atom. The molecule has 6 rings (SSSR count). The Morgan fingerprint density at radius 1 is 0.925 bits per heavy atom. The number of H-pyrrole nitrogens is 1. The lowest BCUT2D eigenvalue weighted by atomic mass is 10.0. The van der Waals surface area contributed by atoms with Crippen LogP contribution in [0.25, 0.3) is 22.2 Å². The van der Waals surface area contributed by atoms with Gasteiger partial charge >= 0.3 is 0 Å².